The van der Waals surface area contributed by atoms with Gasteiger partial charge in [-0.25, -0.2) is 0 Å². The molecule has 2 aliphatic rings. The summed E-state index contributed by atoms with van der Waals surface area (Å²) in [6.07, 6.45) is 8.30. The van der Waals surface area contributed by atoms with Gasteiger partial charge in [-0.05, 0) is 38.8 Å². The molecule has 0 aromatic carbocycles. The van der Waals surface area contributed by atoms with Crippen LogP contribution in [0, 0.1) is 11.8 Å². The number of Topliss-reactive ketones (excluding diaryl/α,β-unsaturated/α-hetero) is 1. The quantitative estimate of drug-likeness (QED) is 0.812. The number of hydrogen-bond acceptors (Lipinski definition) is 3. The molecule has 0 aromatic rings. The van der Waals surface area contributed by atoms with Gasteiger partial charge in [0, 0.05) is 24.9 Å². The summed E-state index contributed by atoms with van der Waals surface area (Å²) in [5.74, 6) is 1.33. The molecule has 1 saturated carbocycles. The van der Waals surface area contributed by atoms with Crippen molar-refractivity contribution in [3.8, 4) is 0 Å². The second-order valence-corrected chi connectivity index (χ2v) is 5.64. The molecule has 2 N–H and O–H groups in total. The minimum atomic E-state index is 0.354. The first-order valence-corrected chi connectivity index (χ1v) is 7.27. The van der Waals surface area contributed by atoms with E-state index in [0.717, 1.165) is 51.9 Å². The monoisotopic (exact) mass is 238 g/mol. The van der Waals surface area contributed by atoms with Crippen molar-refractivity contribution >= 4 is 5.78 Å². The summed E-state index contributed by atoms with van der Waals surface area (Å²) in [7, 11) is 0. The molecule has 2 rings (SSSR count). The molecule has 0 amide bonds. The Labute approximate surface area is 105 Å². The second-order valence-electron chi connectivity index (χ2n) is 5.64. The molecule has 1 aliphatic carbocycles. The molecule has 0 spiro atoms. The van der Waals surface area contributed by atoms with Crippen LogP contribution in [0.15, 0.2) is 0 Å². The summed E-state index contributed by atoms with van der Waals surface area (Å²) in [6.45, 7) is 3.87. The lowest BCUT2D eigenvalue weighted by Gasteiger charge is -2.33. The molecule has 98 valence electrons. The highest BCUT2D eigenvalue weighted by Crippen LogP contribution is 2.30. The number of likely N-dealkylation sites (tertiary alicyclic amines) is 1. The van der Waals surface area contributed by atoms with E-state index in [9.17, 15) is 4.79 Å². The van der Waals surface area contributed by atoms with Crippen molar-refractivity contribution in [1.82, 2.24) is 4.90 Å². The van der Waals surface area contributed by atoms with Crippen LogP contribution in [0.2, 0.25) is 0 Å². The van der Waals surface area contributed by atoms with E-state index >= 15 is 0 Å². The van der Waals surface area contributed by atoms with Crippen LogP contribution in [0.25, 0.3) is 0 Å². The van der Waals surface area contributed by atoms with Crippen molar-refractivity contribution in [2.45, 2.75) is 44.9 Å². The highest BCUT2D eigenvalue weighted by molar-refractivity contribution is 5.83. The van der Waals surface area contributed by atoms with Crippen LogP contribution in [0.5, 0.6) is 0 Å². The molecule has 1 heterocycles. The number of nitrogens with zero attached hydrogens (tertiary/aromatic N) is 1. The predicted octanol–water partition coefficient (Wildman–Crippen LogP) is 1.81. The molecule has 0 radical (unpaired) electrons. The van der Waals surface area contributed by atoms with Gasteiger partial charge in [-0.15, -0.1) is 0 Å². The Balaban J connectivity index is 1.77. The number of ketones is 1. The Bertz CT molecular complexity index is 241. The number of rotatable bonds is 4. The van der Waals surface area contributed by atoms with Gasteiger partial charge in [0.1, 0.15) is 5.78 Å². The fourth-order valence-corrected chi connectivity index (χ4v) is 3.34. The number of hydrogen-bond donors (Lipinski definition) is 1. The molecule has 0 bridgehead atoms. The first kappa shape index (κ1) is 13.0. The predicted molar refractivity (Wildman–Crippen MR) is 69.8 cm³/mol. The maximum absolute atomic E-state index is 12.4. The van der Waals surface area contributed by atoms with Crippen LogP contribution >= 0.6 is 0 Å². The topological polar surface area (TPSA) is 46.3 Å². The van der Waals surface area contributed by atoms with E-state index in [4.69, 9.17) is 5.73 Å². The Morgan fingerprint density at radius 3 is 2.18 bits per heavy atom. The molecular weight excluding hydrogens is 212 g/mol. The van der Waals surface area contributed by atoms with Gasteiger partial charge in [0.05, 0.1) is 0 Å². The SMILES string of the molecule is NCCN1CCC(C(=O)C2CCCCC2)CC1. The van der Waals surface area contributed by atoms with E-state index in [0.29, 0.717) is 17.6 Å². The molecule has 0 atom stereocenters. The summed E-state index contributed by atoms with van der Waals surface area (Å²) in [5.41, 5.74) is 5.56. The van der Waals surface area contributed by atoms with Crippen LogP contribution in [0.4, 0.5) is 0 Å². The van der Waals surface area contributed by atoms with Crippen molar-refractivity contribution in [3.63, 3.8) is 0 Å². The number of carbonyl (C=O) groups excluding carboxylic acids is 1. The van der Waals surface area contributed by atoms with E-state index in [-0.39, 0.29) is 0 Å². The molecule has 3 heteroatoms. The van der Waals surface area contributed by atoms with E-state index in [1.165, 1.54) is 19.3 Å². The summed E-state index contributed by atoms with van der Waals surface area (Å²) in [4.78, 5) is 14.8. The Morgan fingerprint density at radius 1 is 1.00 bits per heavy atom. The average Bonchev–Trinajstić information content (AvgIpc) is 2.40. The van der Waals surface area contributed by atoms with Gasteiger partial charge in [-0.2, -0.15) is 0 Å². The molecule has 3 nitrogen and oxygen atoms in total. The standard InChI is InChI=1S/C14H26N2O/c15-8-11-16-9-6-13(7-10-16)14(17)12-4-2-1-3-5-12/h12-13H,1-11,15H2. The third-order valence-corrected chi connectivity index (χ3v) is 4.44. The van der Waals surface area contributed by atoms with Crippen molar-refractivity contribution in [1.29, 1.82) is 0 Å². The molecule has 1 aliphatic heterocycles. The molecule has 0 unspecified atom stereocenters. The first-order chi connectivity index (χ1) is 8.31. The van der Waals surface area contributed by atoms with E-state index in [1.54, 1.807) is 0 Å². The van der Waals surface area contributed by atoms with E-state index in [2.05, 4.69) is 4.90 Å². The van der Waals surface area contributed by atoms with Crippen LogP contribution in [0.1, 0.15) is 44.9 Å². The zero-order chi connectivity index (χ0) is 12.1. The molecule has 0 aromatic heterocycles. The molecule has 2 fully saturated rings. The van der Waals surface area contributed by atoms with Crippen LogP contribution in [0.3, 0.4) is 0 Å². The Hall–Kier alpha value is -0.410. The average molecular weight is 238 g/mol. The largest absolute Gasteiger partial charge is 0.329 e. The maximum Gasteiger partial charge on any atom is 0.139 e. The van der Waals surface area contributed by atoms with Crippen molar-refractivity contribution in [2.24, 2.45) is 17.6 Å². The van der Waals surface area contributed by atoms with Gasteiger partial charge in [0.25, 0.3) is 0 Å². The minimum absolute atomic E-state index is 0.354. The van der Waals surface area contributed by atoms with Gasteiger partial charge < -0.3 is 10.6 Å². The lowest BCUT2D eigenvalue weighted by atomic mass is 9.79. The first-order valence-electron chi connectivity index (χ1n) is 7.27. The third kappa shape index (κ3) is 3.52. The van der Waals surface area contributed by atoms with Gasteiger partial charge in [-0.3, -0.25) is 4.79 Å². The number of nitrogens with two attached hydrogens (primary N) is 1. The number of carbonyl (C=O) groups is 1. The highest BCUT2D eigenvalue weighted by Gasteiger charge is 2.30. The van der Waals surface area contributed by atoms with Gasteiger partial charge in [-0.1, -0.05) is 19.3 Å². The normalized spacial score (nSPS) is 25.0. The van der Waals surface area contributed by atoms with Crippen molar-refractivity contribution < 1.29 is 4.79 Å². The van der Waals surface area contributed by atoms with Crippen molar-refractivity contribution in [3.05, 3.63) is 0 Å². The lowest BCUT2D eigenvalue weighted by molar-refractivity contribution is -0.129. The summed E-state index contributed by atoms with van der Waals surface area (Å²) >= 11 is 0. The van der Waals surface area contributed by atoms with Crippen molar-refractivity contribution in [2.75, 3.05) is 26.2 Å². The zero-order valence-electron chi connectivity index (χ0n) is 10.9. The van der Waals surface area contributed by atoms with E-state index in [1.807, 2.05) is 0 Å². The minimum Gasteiger partial charge on any atom is -0.329 e. The summed E-state index contributed by atoms with van der Waals surface area (Å²) < 4.78 is 0. The Morgan fingerprint density at radius 2 is 1.59 bits per heavy atom. The zero-order valence-corrected chi connectivity index (χ0v) is 10.9. The molecular formula is C14H26N2O. The summed E-state index contributed by atoms with van der Waals surface area (Å²) in [6, 6.07) is 0. The maximum atomic E-state index is 12.4. The number of piperidine rings is 1. The smallest absolute Gasteiger partial charge is 0.139 e. The summed E-state index contributed by atoms with van der Waals surface area (Å²) in [5, 5.41) is 0. The molecule has 1 saturated heterocycles. The lowest BCUT2D eigenvalue weighted by Crippen LogP contribution is -2.40. The van der Waals surface area contributed by atoms with Crippen LogP contribution < -0.4 is 5.73 Å². The fourth-order valence-electron chi connectivity index (χ4n) is 3.34. The Kier molecular flexibility index (Phi) is 4.99. The third-order valence-electron chi connectivity index (χ3n) is 4.44. The van der Waals surface area contributed by atoms with Gasteiger partial charge >= 0.3 is 0 Å². The molecule has 17 heavy (non-hydrogen) atoms. The van der Waals surface area contributed by atoms with E-state index < -0.39 is 0 Å². The highest BCUT2D eigenvalue weighted by atomic mass is 16.1. The van der Waals surface area contributed by atoms with Crippen LogP contribution in [-0.4, -0.2) is 36.9 Å². The van der Waals surface area contributed by atoms with Crippen LogP contribution in [-0.2, 0) is 4.79 Å². The second kappa shape index (κ2) is 6.50. The van der Waals surface area contributed by atoms with Gasteiger partial charge in [0.2, 0.25) is 0 Å². The fraction of sp³-hybridized carbons (Fsp3) is 0.929. The van der Waals surface area contributed by atoms with Gasteiger partial charge in [0.15, 0.2) is 0 Å².